The maximum atomic E-state index is 9.80. The van der Waals surface area contributed by atoms with Gasteiger partial charge in [-0.15, -0.1) is 0 Å². The highest BCUT2D eigenvalue weighted by molar-refractivity contribution is 14.1. The number of aliphatic hydroxyl groups excluding tert-OH is 2. The van der Waals surface area contributed by atoms with Gasteiger partial charge in [-0.3, -0.25) is 0 Å². The summed E-state index contributed by atoms with van der Waals surface area (Å²) in [5.41, 5.74) is 6.52. The summed E-state index contributed by atoms with van der Waals surface area (Å²) in [4.78, 5) is 8.20. The fourth-order valence-corrected chi connectivity index (χ4v) is 3.15. The number of ether oxygens (including phenoxy) is 1. The molecule has 3 heterocycles. The highest BCUT2D eigenvalue weighted by Crippen LogP contribution is 2.34. The molecule has 2 aromatic rings. The van der Waals surface area contributed by atoms with Crippen LogP contribution in [0.25, 0.3) is 11.0 Å². The van der Waals surface area contributed by atoms with E-state index in [1.54, 1.807) is 0 Å². The van der Waals surface area contributed by atoms with Gasteiger partial charge in [0.2, 0.25) is 0 Å². The molecule has 1 saturated heterocycles. The van der Waals surface area contributed by atoms with Crippen LogP contribution in [0.2, 0.25) is 0 Å². The standard InChI is InChI=1S/C11H13IN4O3/c12-5-2-16(8-1-6(18)7(3-17)19-8)11-9(5)10(13)14-4-15-11/h2,4,6-8,17-18H,1,3H2,(H2,13,14,15)/t6?,7-,8-/m1/s1. The molecule has 3 atom stereocenters. The first-order valence-corrected chi connectivity index (χ1v) is 6.90. The topological polar surface area (TPSA) is 106 Å². The van der Waals surface area contributed by atoms with E-state index in [-0.39, 0.29) is 12.8 Å². The summed E-state index contributed by atoms with van der Waals surface area (Å²) in [6.07, 6.45) is 2.10. The molecule has 19 heavy (non-hydrogen) atoms. The Bertz CT molecular complexity index is 617. The third kappa shape index (κ3) is 2.08. The number of fused-ring (bicyclic) bond motifs is 1. The number of nitrogens with two attached hydrogens (primary N) is 1. The minimum Gasteiger partial charge on any atom is -0.394 e. The Labute approximate surface area is 122 Å². The van der Waals surface area contributed by atoms with Crippen molar-refractivity contribution >= 4 is 39.4 Å². The molecule has 0 aliphatic carbocycles. The van der Waals surface area contributed by atoms with Crippen LogP contribution in [0.1, 0.15) is 12.6 Å². The van der Waals surface area contributed by atoms with Crippen LogP contribution < -0.4 is 5.73 Å². The van der Waals surface area contributed by atoms with Crippen molar-refractivity contribution in [1.82, 2.24) is 14.5 Å². The minimum absolute atomic E-state index is 0.203. The molecule has 102 valence electrons. The predicted octanol–water partition coefficient (Wildman–Crippen LogP) is 0.259. The second-order valence-corrected chi connectivity index (χ2v) is 5.62. The summed E-state index contributed by atoms with van der Waals surface area (Å²) >= 11 is 2.16. The van der Waals surface area contributed by atoms with Gasteiger partial charge in [0.05, 0.1) is 18.1 Å². The molecule has 2 aromatic heterocycles. The van der Waals surface area contributed by atoms with Gasteiger partial charge < -0.3 is 25.3 Å². The Morgan fingerprint density at radius 1 is 1.53 bits per heavy atom. The summed E-state index contributed by atoms with van der Waals surface area (Å²) in [7, 11) is 0. The van der Waals surface area contributed by atoms with E-state index >= 15 is 0 Å². The Morgan fingerprint density at radius 3 is 3.00 bits per heavy atom. The zero-order chi connectivity index (χ0) is 13.6. The SMILES string of the molecule is Nc1ncnc2c1c(I)cn2[C@H]1CC(O)[C@@H](CO)O1. The van der Waals surface area contributed by atoms with Gasteiger partial charge >= 0.3 is 0 Å². The lowest BCUT2D eigenvalue weighted by Gasteiger charge is -2.14. The Kier molecular flexibility index (Phi) is 3.33. The fraction of sp³-hybridized carbons (Fsp3) is 0.455. The highest BCUT2D eigenvalue weighted by atomic mass is 127. The quantitative estimate of drug-likeness (QED) is 0.650. The Balaban J connectivity index is 2.05. The van der Waals surface area contributed by atoms with Crippen LogP contribution in [0.3, 0.4) is 0 Å². The normalized spacial score (nSPS) is 27.2. The summed E-state index contributed by atoms with van der Waals surface area (Å²) in [5.74, 6) is 0.422. The lowest BCUT2D eigenvalue weighted by atomic mass is 10.2. The summed E-state index contributed by atoms with van der Waals surface area (Å²) < 4.78 is 8.38. The lowest BCUT2D eigenvalue weighted by molar-refractivity contribution is -0.0430. The fourth-order valence-electron chi connectivity index (χ4n) is 2.33. The second-order valence-electron chi connectivity index (χ2n) is 4.46. The van der Waals surface area contributed by atoms with E-state index < -0.39 is 12.2 Å². The van der Waals surface area contributed by atoms with Gasteiger partial charge in [0, 0.05) is 16.2 Å². The van der Waals surface area contributed by atoms with Gasteiger partial charge in [-0.1, -0.05) is 0 Å². The molecular weight excluding hydrogens is 363 g/mol. The van der Waals surface area contributed by atoms with Gasteiger partial charge in [0.1, 0.15) is 30.1 Å². The first-order valence-electron chi connectivity index (χ1n) is 5.82. The van der Waals surface area contributed by atoms with Crippen LogP contribution in [-0.4, -0.2) is 43.6 Å². The average molecular weight is 376 g/mol. The molecule has 3 rings (SSSR count). The second kappa shape index (κ2) is 4.85. The molecule has 0 radical (unpaired) electrons. The van der Waals surface area contributed by atoms with Gasteiger partial charge in [-0.2, -0.15) is 0 Å². The minimum atomic E-state index is -0.677. The number of aromatic nitrogens is 3. The molecule has 1 fully saturated rings. The predicted molar refractivity (Wildman–Crippen MR) is 76.3 cm³/mol. The third-order valence-corrected chi connectivity index (χ3v) is 4.10. The molecule has 8 heteroatoms. The Morgan fingerprint density at radius 2 is 2.32 bits per heavy atom. The Hall–Kier alpha value is -0.970. The number of nitrogen functional groups attached to an aromatic ring is 1. The first kappa shape index (κ1) is 13.0. The molecule has 0 bridgehead atoms. The van der Waals surface area contributed by atoms with E-state index in [1.165, 1.54) is 6.33 Å². The van der Waals surface area contributed by atoms with E-state index in [0.717, 1.165) is 8.96 Å². The van der Waals surface area contributed by atoms with Gasteiger partial charge in [0.25, 0.3) is 0 Å². The van der Waals surface area contributed by atoms with Crippen molar-refractivity contribution in [3.05, 3.63) is 16.1 Å². The van der Waals surface area contributed by atoms with Crippen LogP contribution in [0.5, 0.6) is 0 Å². The van der Waals surface area contributed by atoms with Crippen LogP contribution >= 0.6 is 22.6 Å². The number of aliphatic hydroxyl groups is 2. The van der Waals surface area contributed by atoms with E-state index in [9.17, 15) is 5.11 Å². The van der Waals surface area contributed by atoms with Crippen LogP contribution in [-0.2, 0) is 4.74 Å². The van der Waals surface area contributed by atoms with Crippen molar-refractivity contribution in [2.45, 2.75) is 24.9 Å². The third-order valence-electron chi connectivity index (χ3n) is 3.29. The average Bonchev–Trinajstić information content (AvgIpc) is 2.91. The van der Waals surface area contributed by atoms with E-state index in [0.29, 0.717) is 17.9 Å². The molecule has 0 saturated carbocycles. The molecule has 1 unspecified atom stereocenters. The summed E-state index contributed by atoms with van der Waals surface area (Å²) in [6.45, 7) is -0.203. The molecule has 1 aliphatic rings. The van der Waals surface area contributed by atoms with Crippen molar-refractivity contribution in [2.75, 3.05) is 12.3 Å². The van der Waals surface area contributed by atoms with Crippen molar-refractivity contribution < 1.29 is 14.9 Å². The summed E-state index contributed by atoms with van der Waals surface area (Å²) in [6, 6.07) is 0. The van der Waals surface area contributed by atoms with Crippen molar-refractivity contribution in [1.29, 1.82) is 0 Å². The summed E-state index contributed by atoms with van der Waals surface area (Å²) in [5, 5.41) is 19.7. The first-order chi connectivity index (χ1) is 9.11. The number of halogens is 1. The number of hydrogen-bond donors (Lipinski definition) is 3. The molecule has 0 amide bonds. The molecule has 0 spiro atoms. The molecule has 0 aromatic carbocycles. The molecular formula is C11H13IN4O3. The van der Waals surface area contributed by atoms with Crippen LogP contribution in [0, 0.1) is 3.57 Å². The maximum Gasteiger partial charge on any atom is 0.148 e. The zero-order valence-corrected chi connectivity index (χ0v) is 12.1. The largest absolute Gasteiger partial charge is 0.394 e. The number of nitrogens with zero attached hydrogens (tertiary/aromatic N) is 3. The van der Waals surface area contributed by atoms with Crippen LogP contribution in [0.15, 0.2) is 12.5 Å². The van der Waals surface area contributed by atoms with Crippen molar-refractivity contribution in [3.8, 4) is 0 Å². The molecule has 1 aliphatic heterocycles. The molecule has 7 nitrogen and oxygen atoms in total. The van der Waals surface area contributed by atoms with Crippen molar-refractivity contribution in [3.63, 3.8) is 0 Å². The molecule has 4 N–H and O–H groups in total. The number of hydrogen-bond acceptors (Lipinski definition) is 6. The highest BCUT2D eigenvalue weighted by Gasteiger charge is 2.35. The van der Waals surface area contributed by atoms with Crippen LogP contribution in [0.4, 0.5) is 5.82 Å². The van der Waals surface area contributed by atoms with Gasteiger partial charge in [0.15, 0.2) is 0 Å². The monoisotopic (exact) mass is 376 g/mol. The lowest BCUT2D eigenvalue weighted by Crippen LogP contribution is -2.24. The number of rotatable bonds is 2. The zero-order valence-electron chi connectivity index (χ0n) is 9.90. The maximum absolute atomic E-state index is 9.80. The van der Waals surface area contributed by atoms with E-state index in [1.807, 2.05) is 10.8 Å². The van der Waals surface area contributed by atoms with E-state index in [4.69, 9.17) is 15.6 Å². The smallest absolute Gasteiger partial charge is 0.148 e. The number of anilines is 1. The van der Waals surface area contributed by atoms with Crippen molar-refractivity contribution in [2.24, 2.45) is 0 Å². The van der Waals surface area contributed by atoms with Gasteiger partial charge in [-0.05, 0) is 22.6 Å². The van der Waals surface area contributed by atoms with E-state index in [2.05, 4.69) is 32.6 Å². The van der Waals surface area contributed by atoms with Gasteiger partial charge in [-0.25, -0.2) is 9.97 Å².